The lowest BCUT2D eigenvalue weighted by Gasteiger charge is -2.02. The zero-order chi connectivity index (χ0) is 13.5. The molecule has 3 N–H and O–H groups in total. The molecule has 7 heteroatoms. The lowest BCUT2D eigenvalue weighted by atomic mass is 10.2. The molecule has 0 bridgehead atoms. The van der Waals surface area contributed by atoms with E-state index in [9.17, 15) is 5.11 Å². The summed E-state index contributed by atoms with van der Waals surface area (Å²) in [6.45, 7) is 0. The van der Waals surface area contributed by atoms with E-state index in [-0.39, 0.29) is 5.88 Å². The summed E-state index contributed by atoms with van der Waals surface area (Å²) in [7, 11) is 0. The van der Waals surface area contributed by atoms with Crippen LogP contribution in [0.15, 0.2) is 41.1 Å². The zero-order valence-electron chi connectivity index (χ0n) is 10.2. The van der Waals surface area contributed by atoms with Gasteiger partial charge in [0.25, 0.3) is 5.88 Å². The van der Waals surface area contributed by atoms with Gasteiger partial charge in [0.2, 0.25) is 0 Å². The van der Waals surface area contributed by atoms with E-state index < -0.39 is 0 Å². The van der Waals surface area contributed by atoms with Crippen LogP contribution in [0.3, 0.4) is 0 Å². The summed E-state index contributed by atoms with van der Waals surface area (Å²) in [5, 5.41) is 23.8. The number of pyridine rings is 1. The van der Waals surface area contributed by atoms with Crippen molar-refractivity contribution in [2.75, 3.05) is 5.32 Å². The minimum atomic E-state index is -0.113. The molecular formula is C13H9N5O2. The maximum Gasteiger partial charge on any atom is 0.259 e. The summed E-state index contributed by atoms with van der Waals surface area (Å²) in [4.78, 5) is 4.27. The van der Waals surface area contributed by atoms with Gasteiger partial charge in [0.15, 0.2) is 11.4 Å². The van der Waals surface area contributed by atoms with Crippen molar-refractivity contribution in [3.05, 3.63) is 36.5 Å². The predicted molar refractivity (Wildman–Crippen MR) is 72.8 cm³/mol. The largest absolute Gasteiger partial charge is 0.491 e. The Morgan fingerprint density at radius 1 is 1.25 bits per heavy atom. The van der Waals surface area contributed by atoms with E-state index in [1.165, 1.54) is 0 Å². The van der Waals surface area contributed by atoms with E-state index in [0.29, 0.717) is 16.8 Å². The fourth-order valence-corrected chi connectivity index (χ4v) is 2.08. The predicted octanol–water partition coefficient (Wildman–Crippen LogP) is 2.55. The molecule has 0 aliphatic heterocycles. The molecule has 0 aliphatic carbocycles. The first-order valence-electron chi connectivity index (χ1n) is 5.96. The minimum Gasteiger partial charge on any atom is -0.491 e. The van der Waals surface area contributed by atoms with Gasteiger partial charge in [0.05, 0.1) is 10.9 Å². The van der Waals surface area contributed by atoms with E-state index >= 15 is 0 Å². The number of nitrogens with zero attached hydrogens (tertiary/aromatic N) is 3. The SMILES string of the molecule is Oc1noc2cc(Nc3n[nH]c4cccnc34)ccc12. The highest BCUT2D eigenvalue weighted by Crippen LogP contribution is 2.28. The van der Waals surface area contributed by atoms with Crippen molar-refractivity contribution >= 4 is 33.5 Å². The maximum absolute atomic E-state index is 9.45. The third-order valence-electron chi connectivity index (χ3n) is 3.04. The van der Waals surface area contributed by atoms with Crippen LogP contribution in [0.25, 0.3) is 22.0 Å². The first kappa shape index (κ1) is 10.8. The van der Waals surface area contributed by atoms with Crippen molar-refractivity contribution in [3.8, 4) is 5.88 Å². The molecule has 0 saturated carbocycles. The van der Waals surface area contributed by atoms with Gasteiger partial charge in [-0.1, -0.05) is 0 Å². The van der Waals surface area contributed by atoms with E-state index in [2.05, 4.69) is 25.7 Å². The molecule has 1 aromatic carbocycles. The van der Waals surface area contributed by atoms with Crippen LogP contribution in [-0.2, 0) is 0 Å². The number of benzene rings is 1. The van der Waals surface area contributed by atoms with Gasteiger partial charge < -0.3 is 14.9 Å². The summed E-state index contributed by atoms with van der Waals surface area (Å²) < 4.78 is 5.01. The number of nitrogens with one attached hydrogen (secondary N) is 2. The number of fused-ring (bicyclic) bond motifs is 2. The lowest BCUT2D eigenvalue weighted by molar-refractivity contribution is 0.376. The third kappa shape index (κ3) is 1.57. The molecule has 0 aliphatic rings. The second-order valence-corrected chi connectivity index (χ2v) is 4.31. The first-order valence-corrected chi connectivity index (χ1v) is 5.96. The van der Waals surface area contributed by atoms with Gasteiger partial charge in [-0.2, -0.15) is 5.10 Å². The molecule has 0 spiro atoms. The number of hydrogen-bond acceptors (Lipinski definition) is 6. The average Bonchev–Trinajstić information content (AvgIpc) is 3.04. The molecule has 0 unspecified atom stereocenters. The number of aromatic amines is 1. The van der Waals surface area contributed by atoms with Crippen LogP contribution in [0.1, 0.15) is 0 Å². The second kappa shape index (κ2) is 3.95. The number of hydrogen-bond donors (Lipinski definition) is 3. The molecule has 4 aromatic rings. The van der Waals surface area contributed by atoms with E-state index in [1.54, 1.807) is 18.3 Å². The molecule has 98 valence electrons. The topological polar surface area (TPSA) is 99.9 Å². The summed E-state index contributed by atoms with van der Waals surface area (Å²) in [6.07, 6.45) is 1.71. The Labute approximate surface area is 112 Å². The molecule has 4 rings (SSSR count). The molecule has 0 amide bonds. The summed E-state index contributed by atoms with van der Waals surface area (Å²) >= 11 is 0. The normalized spacial score (nSPS) is 11.2. The molecule has 3 aromatic heterocycles. The number of anilines is 2. The Bertz CT molecular complexity index is 911. The van der Waals surface area contributed by atoms with Crippen LogP contribution < -0.4 is 5.32 Å². The van der Waals surface area contributed by atoms with Crippen molar-refractivity contribution in [2.45, 2.75) is 0 Å². The Morgan fingerprint density at radius 3 is 3.15 bits per heavy atom. The van der Waals surface area contributed by atoms with E-state index in [1.807, 2.05) is 18.2 Å². The summed E-state index contributed by atoms with van der Waals surface area (Å²) in [6, 6.07) is 9.02. The highest BCUT2D eigenvalue weighted by molar-refractivity contribution is 5.90. The summed E-state index contributed by atoms with van der Waals surface area (Å²) in [5.74, 6) is 0.516. The number of rotatable bonds is 2. The molecular weight excluding hydrogens is 258 g/mol. The molecule has 20 heavy (non-hydrogen) atoms. The quantitative estimate of drug-likeness (QED) is 0.516. The van der Waals surface area contributed by atoms with Crippen molar-refractivity contribution < 1.29 is 9.63 Å². The first-order chi connectivity index (χ1) is 9.81. The standard InChI is InChI=1S/C13H9N5O2/c19-13-8-4-3-7(6-10(8)20-18-13)15-12-11-9(16-17-12)2-1-5-14-11/h1-6H,(H,18,19)(H2,15,16,17). The van der Waals surface area contributed by atoms with Crippen molar-refractivity contribution in [1.82, 2.24) is 20.3 Å². The number of aromatic nitrogens is 4. The van der Waals surface area contributed by atoms with Gasteiger partial charge in [-0.25, -0.2) is 0 Å². The molecule has 3 heterocycles. The van der Waals surface area contributed by atoms with Gasteiger partial charge in [-0.05, 0) is 29.4 Å². The van der Waals surface area contributed by atoms with Gasteiger partial charge in [0, 0.05) is 18.0 Å². The Balaban J connectivity index is 1.76. The van der Waals surface area contributed by atoms with Gasteiger partial charge >= 0.3 is 0 Å². The fraction of sp³-hybridized carbons (Fsp3) is 0. The number of aromatic hydroxyl groups is 1. The Hall–Kier alpha value is -3.09. The van der Waals surface area contributed by atoms with Crippen LogP contribution in [0.4, 0.5) is 11.5 Å². The van der Waals surface area contributed by atoms with Crippen molar-refractivity contribution in [1.29, 1.82) is 0 Å². The smallest absolute Gasteiger partial charge is 0.259 e. The van der Waals surface area contributed by atoms with Crippen LogP contribution in [0, 0.1) is 0 Å². The maximum atomic E-state index is 9.45. The average molecular weight is 267 g/mol. The molecule has 0 atom stereocenters. The van der Waals surface area contributed by atoms with E-state index in [0.717, 1.165) is 16.7 Å². The van der Waals surface area contributed by atoms with Gasteiger partial charge in [-0.3, -0.25) is 10.1 Å². The molecule has 0 fully saturated rings. The lowest BCUT2D eigenvalue weighted by Crippen LogP contribution is -1.91. The highest BCUT2D eigenvalue weighted by Gasteiger charge is 2.10. The van der Waals surface area contributed by atoms with Gasteiger partial charge in [0.1, 0.15) is 5.52 Å². The van der Waals surface area contributed by atoms with Crippen molar-refractivity contribution in [2.24, 2.45) is 0 Å². The van der Waals surface area contributed by atoms with Crippen LogP contribution in [0.5, 0.6) is 5.88 Å². The zero-order valence-corrected chi connectivity index (χ0v) is 10.2. The Morgan fingerprint density at radius 2 is 2.20 bits per heavy atom. The molecule has 7 nitrogen and oxygen atoms in total. The minimum absolute atomic E-state index is 0.113. The monoisotopic (exact) mass is 267 g/mol. The fourth-order valence-electron chi connectivity index (χ4n) is 2.08. The number of H-pyrrole nitrogens is 1. The van der Waals surface area contributed by atoms with E-state index in [4.69, 9.17) is 4.52 Å². The third-order valence-corrected chi connectivity index (χ3v) is 3.04. The van der Waals surface area contributed by atoms with Crippen LogP contribution in [-0.4, -0.2) is 25.4 Å². The van der Waals surface area contributed by atoms with Crippen LogP contribution >= 0.6 is 0 Å². The van der Waals surface area contributed by atoms with Gasteiger partial charge in [-0.15, -0.1) is 0 Å². The summed E-state index contributed by atoms with van der Waals surface area (Å²) in [5.41, 5.74) is 2.88. The second-order valence-electron chi connectivity index (χ2n) is 4.31. The molecule has 0 radical (unpaired) electrons. The molecule has 0 saturated heterocycles. The Kier molecular flexibility index (Phi) is 2.13. The highest BCUT2D eigenvalue weighted by atomic mass is 16.5. The van der Waals surface area contributed by atoms with Crippen molar-refractivity contribution in [3.63, 3.8) is 0 Å². The van der Waals surface area contributed by atoms with Crippen LogP contribution in [0.2, 0.25) is 0 Å².